The van der Waals surface area contributed by atoms with Crippen LogP contribution in [-0.2, 0) is 6.18 Å². The monoisotopic (exact) mass is 487 g/mol. The molecular formula is C23H17ClF3N5O2. The normalized spacial score (nSPS) is 11.4. The summed E-state index contributed by atoms with van der Waals surface area (Å²) >= 11 is 5.68. The number of fused-ring (bicyclic) bond motifs is 1. The summed E-state index contributed by atoms with van der Waals surface area (Å²) in [4.78, 5) is 21.2. The second-order valence-corrected chi connectivity index (χ2v) is 7.62. The first-order valence-electron chi connectivity index (χ1n) is 10.1. The van der Waals surface area contributed by atoms with Crippen LogP contribution >= 0.6 is 11.6 Å². The van der Waals surface area contributed by atoms with E-state index in [4.69, 9.17) is 11.6 Å². The van der Waals surface area contributed by atoms with E-state index in [-0.39, 0.29) is 17.3 Å². The molecule has 0 radical (unpaired) electrons. The van der Waals surface area contributed by atoms with Gasteiger partial charge in [0.25, 0.3) is 0 Å². The number of alkyl halides is 3. The van der Waals surface area contributed by atoms with Gasteiger partial charge in [0.15, 0.2) is 0 Å². The lowest BCUT2D eigenvalue weighted by Gasteiger charge is -2.24. The molecule has 1 aromatic heterocycles. The fourth-order valence-electron chi connectivity index (χ4n) is 3.66. The molecule has 0 atom stereocenters. The zero-order valence-electron chi connectivity index (χ0n) is 17.7. The largest absolute Gasteiger partial charge is 0.417 e. The lowest BCUT2D eigenvalue weighted by atomic mass is 10.1. The van der Waals surface area contributed by atoms with Crippen molar-refractivity contribution < 1.29 is 18.1 Å². The van der Waals surface area contributed by atoms with Crippen LogP contribution in [0.3, 0.4) is 0 Å². The van der Waals surface area contributed by atoms with Crippen LogP contribution in [-0.4, -0.2) is 21.4 Å². The number of benzene rings is 3. The van der Waals surface area contributed by atoms with Crippen molar-refractivity contribution in [3.8, 4) is 0 Å². The van der Waals surface area contributed by atoms with Crippen molar-refractivity contribution in [1.29, 1.82) is 0 Å². The predicted octanol–water partition coefficient (Wildman–Crippen LogP) is 7.11. The number of nitro groups is 1. The second-order valence-electron chi connectivity index (χ2n) is 7.21. The summed E-state index contributed by atoms with van der Waals surface area (Å²) in [6.45, 7) is 2.15. The maximum absolute atomic E-state index is 13.3. The van der Waals surface area contributed by atoms with Crippen LogP contribution < -0.4 is 10.2 Å². The van der Waals surface area contributed by atoms with Crippen molar-refractivity contribution in [3.63, 3.8) is 0 Å². The van der Waals surface area contributed by atoms with Gasteiger partial charge in [-0.05, 0) is 36.6 Å². The number of nitrogens with zero attached hydrogens (tertiary/aromatic N) is 4. The summed E-state index contributed by atoms with van der Waals surface area (Å²) in [5.41, 5.74) is -0.903. The van der Waals surface area contributed by atoms with Crippen LogP contribution in [0.5, 0.6) is 0 Å². The fraction of sp³-hybridized carbons (Fsp3) is 0.130. The molecule has 0 aliphatic heterocycles. The van der Waals surface area contributed by atoms with Crippen molar-refractivity contribution in [3.05, 3.63) is 87.7 Å². The lowest BCUT2D eigenvalue weighted by molar-refractivity contribution is -0.383. The Morgan fingerprint density at radius 1 is 1.09 bits per heavy atom. The number of anilines is 4. The Bertz CT molecular complexity index is 1380. The van der Waals surface area contributed by atoms with E-state index in [1.807, 2.05) is 49.4 Å². The summed E-state index contributed by atoms with van der Waals surface area (Å²) in [6, 6.07) is 16.3. The van der Waals surface area contributed by atoms with Gasteiger partial charge >= 0.3 is 11.9 Å². The van der Waals surface area contributed by atoms with E-state index in [0.717, 1.165) is 29.2 Å². The fourth-order valence-corrected chi connectivity index (χ4v) is 3.89. The number of hydrogen-bond donors (Lipinski definition) is 1. The first kappa shape index (κ1) is 23.2. The number of aromatic nitrogens is 2. The first-order chi connectivity index (χ1) is 16.2. The molecule has 0 bridgehead atoms. The second kappa shape index (κ2) is 9.14. The highest BCUT2D eigenvalue weighted by Gasteiger charge is 2.34. The van der Waals surface area contributed by atoms with Gasteiger partial charge in [0.2, 0.25) is 11.6 Å². The Hall–Kier alpha value is -3.92. The smallest absolute Gasteiger partial charge is 0.334 e. The number of rotatable bonds is 6. The molecule has 11 heteroatoms. The van der Waals surface area contributed by atoms with Crippen LogP contribution in [0, 0.1) is 10.1 Å². The van der Waals surface area contributed by atoms with Crippen LogP contribution in [0.25, 0.3) is 10.8 Å². The van der Waals surface area contributed by atoms with Crippen LogP contribution in [0.2, 0.25) is 5.02 Å². The molecule has 174 valence electrons. The van der Waals surface area contributed by atoms with E-state index in [2.05, 4.69) is 15.3 Å². The topological polar surface area (TPSA) is 84.2 Å². The minimum atomic E-state index is -4.69. The van der Waals surface area contributed by atoms with Crippen LogP contribution in [0.4, 0.5) is 41.9 Å². The van der Waals surface area contributed by atoms with Crippen molar-refractivity contribution in [2.24, 2.45) is 0 Å². The highest BCUT2D eigenvalue weighted by molar-refractivity contribution is 6.31. The third kappa shape index (κ3) is 4.44. The van der Waals surface area contributed by atoms with Crippen molar-refractivity contribution >= 4 is 51.1 Å². The summed E-state index contributed by atoms with van der Waals surface area (Å²) in [6.07, 6.45) is -3.57. The van der Waals surface area contributed by atoms with Gasteiger partial charge in [-0.25, -0.2) is 9.97 Å². The third-order valence-electron chi connectivity index (χ3n) is 5.15. The van der Waals surface area contributed by atoms with Gasteiger partial charge in [-0.2, -0.15) is 13.2 Å². The summed E-state index contributed by atoms with van der Waals surface area (Å²) < 4.78 is 39.8. The van der Waals surface area contributed by atoms with Gasteiger partial charge in [0.1, 0.15) is 6.33 Å². The molecule has 1 N–H and O–H groups in total. The maximum Gasteiger partial charge on any atom is 0.417 e. The van der Waals surface area contributed by atoms with E-state index >= 15 is 0 Å². The number of hydrogen-bond acceptors (Lipinski definition) is 6. The molecule has 0 fully saturated rings. The molecule has 4 aromatic rings. The van der Waals surface area contributed by atoms with Gasteiger partial charge in [-0.1, -0.05) is 48.0 Å². The molecular weight excluding hydrogens is 471 g/mol. The minimum Gasteiger partial charge on any atom is -0.334 e. The highest BCUT2D eigenvalue weighted by Crippen LogP contribution is 2.41. The number of halogens is 4. The Balaban J connectivity index is 1.83. The Kier molecular flexibility index (Phi) is 6.25. The van der Waals surface area contributed by atoms with Crippen LogP contribution in [0.15, 0.2) is 67.0 Å². The Morgan fingerprint density at radius 2 is 1.82 bits per heavy atom. The number of nitrogens with one attached hydrogen (secondary N) is 1. The first-order valence-corrected chi connectivity index (χ1v) is 10.5. The molecule has 0 aliphatic rings. The Labute approximate surface area is 197 Å². The molecule has 34 heavy (non-hydrogen) atoms. The van der Waals surface area contributed by atoms with Crippen molar-refractivity contribution in [2.45, 2.75) is 13.1 Å². The highest BCUT2D eigenvalue weighted by atomic mass is 35.5. The molecule has 0 aliphatic carbocycles. The SMILES string of the molecule is CCN(c1ncnc(Nc2ccc(Cl)c(C(F)(F)F)c2)c1[N+](=O)[O-])c1cccc2ccccc12. The minimum absolute atomic E-state index is 0.00589. The zero-order chi connectivity index (χ0) is 24.5. The quantitative estimate of drug-likeness (QED) is 0.230. The van der Waals surface area contributed by atoms with E-state index in [9.17, 15) is 23.3 Å². The van der Waals surface area contributed by atoms with Gasteiger partial charge < -0.3 is 10.2 Å². The van der Waals surface area contributed by atoms with Crippen molar-refractivity contribution in [1.82, 2.24) is 9.97 Å². The van der Waals surface area contributed by atoms with Gasteiger partial charge in [0.05, 0.1) is 21.2 Å². The summed E-state index contributed by atoms with van der Waals surface area (Å²) in [5.74, 6) is -0.240. The van der Waals surface area contributed by atoms with E-state index < -0.39 is 27.4 Å². The molecule has 0 spiro atoms. The predicted molar refractivity (Wildman–Crippen MR) is 125 cm³/mol. The van der Waals surface area contributed by atoms with Crippen LogP contribution in [0.1, 0.15) is 12.5 Å². The molecule has 0 amide bonds. The summed E-state index contributed by atoms with van der Waals surface area (Å²) in [5, 5.41) is 16.0. The van der Waals surface area contributed by atoms with Crippen molar-refractivity contribution in [2.75, 3.05) is 16.8 Å². The Morgan fingerprint density at radius 3 is 2.53 bits per heavy atom. The van der Waals surface area contributed by atoms with Gasteiger partial charge in [-0.15, -0.1) is 0 Å². The molecule has 0 saturated carbocycles. The van der Waals surface area contributed by atoms with Gasteiger partial charge in [0, 0.05) is 17.6 Å². The van der Waals surface area contributed by atoms with E-state index in [1.54, 1.807) is 4.90 Å². The molecule has 4 rings (SSSR count). The standard InChI is InChI=1S/C23H17ClF3N5O2/c1-2-31(19-9-5-7-14-6-3-4-8-16(14)19)22-20(32(33)34)21(28-13-29-22)30-15-10-11-18(24)17(12-15)23(25,26)27/h3-13H,2H2,1H3,(H,28,29,30). The average molecular weight is 488 g/mol. The molecule has 0 unspecified atom stereocenters. The zero-order valence-corrected chi connectivity index (χ0v) is 18.4. The van der Waals surface area contributed by atoms with Gasteiger partial charge in [-0.3, -0.25) is 10.1 Å². The average Bonchev–Trinajstić information content (AvgIpc) is 2.80. The summed E-state index contributed by atoms with van der Waals surface area (Å²) in [7, 11) is 0. The molecule has 3 aromatic carbocycles. The lowest BCUT2D eigenvalue weighted by Crippen LogP contribution is -2.20. The van der Waals surface area contributed by atoms with E-state index in [0.29, 0.717) is 12.2 Å². The molecule has 1 heterocycles. The maximum atomic E-state index is 13.3. The van der Waals surface area contributed by atoms with E-state index in [1.165, 1.54) is 6.07 Å². The molecule has 0 saturated heterocycles. The third-order valence-corrected chi connectivity index (χ3v) is 5.48. The molecule has 7 nitrogen and oxygen atoms in total.